The number of carbonyl (C=O) groups is 2. The standard InChI is InChI=1S/C20H22N4O4S2/c1-14(25)15-2-4-18(5-3-15)30(27,28)24-8-6-16(7-9-24)19(26)21-12-17-13-23-10-11-29-20(23)22-17/h2-5,10-11,13,16H,6-9,12H2,1H3,(H,21,26). The van der Waals surface area contributed by atoms with Crippen molar-refractivity contribution < 1.29 is 18.0 Å². The number of amides is 1. The zero-order valence-electron chi connectivity index (χ0n) is 16.4. The van der Waals surface area contributed by atoms with Gasteiger partial charge in [-0.05, 0) is 31.9 Å². The highest BCUT2D eigenvalue weighted by Crippen LogP contribution is 2.24. The number of nitrogens with one attached hydrogen (secondary N) is 1. The molecule has 1 aromatic carbocycles. The van der Waals surface area contributed by atoms with Crippen molar-refractivity contribution in [2.75, 3.05) is 13.1 Å². The van der Waals surface area contributed by atoms with E-state index in [0.717, 1.165) is 10.7 Å². The minimum atomic E-state index is -3.64. The van der Waals surface area contributed by atoms with Gasteiger partial charge in [0.15, 0.2) is 10.7 Å². The summed E-state index contributed by atoms with van der Waals surface area (Å²) in [5.74, 6) is -0.407. The van der Waals surface area contributed by atoms with Crippen molar-refractivity contribution in [1.29, 1.82) is 0 Å². The number of benzene rings is 1. The summed E-state index contributed by atoms with van der Waals surface area (Å²) in [5, 5.41) is 4.86. The van der Waals surface area contributed by atoms with Crippen molar-refractivity contribution in [3.8, 4) is 0 Å². The van der Waals surface area contributed by atoms with Gasteiger partial charge in [-0.1, -0.05) is 12.1 Å². The Balaban J connectivity index is 1.32. The van der Waals surface area contributed by atoms with E-state index in [1.165, 1.54) is 46.8 Å². The highest BCUT2D eigenvalue weighted by atomic mass is 32.2. The van der Waals surface area contributed by atoms with E-state index in [9.17, 15) is 18.0 Å². The predicted molar refractivity (Wildman–Crippen MR) is 113 cm³/mol. The molecule has 1 saturated heterocycles. The van der Waals surface area contributed by atoms with Crippen molar-refractivity contribution in [1.82, 2.24) is 19.0 Å². The Morgan fingerprint density at radius 1 is 1.20 bits per heavy atom. The second-order valence-corrected chi connectivity index (χ2v) is 10.1. The van der Waals surface area contributed by atoms with Crippen LogP contribution in [0.25, 0.3) is 4.96 Å². The molecule has 0 aliphatic carbocycles. The molecule has 4 rings (SSSR count). The van der Waals surface area contributed by atoms with E-state index in [-0.39, 0.29) is 35.6 Å². The Morgan fingerprint density at radius 3 is 2.53 bits per heavy atom. The topological polar surface area (TPSA) is 101 Å². The largest absolute Gasteiger partial charge is 0.350 e. The third-order valence-electron chi connectivity index (χ3n) is 5.31. The van der Waals surface area contributed by atoms with Crippen LogP contribution in [0.2, 0.25) is 0 Å². The van der Waals surface area contributed by atoms with Crippen molar-refractivity contribution in [3.63, 3.8) is 0 Å². The van der Waals surface area contributed by atoms with Gasteiger partial charge < -0.3 is 5.32 Å². The molecular formula is C20H22N4O4S2. The molecule has 0 unspecified atom stereocenters. The quantitative estimate of drug-likeness (QED) is 0.586. The molecular weight excluding hydrogens is 424 g/mol. The van der Waals surface area contributed by atoms with Gasteiger partial charge in [-0.2, -0.15) is 4.31 Å². The monoisotopic (exact) mass is 446 g/mol. The third kappa shape index (κ3) is 4.16. The van der Waals surface area contributed by atoms with Crippen LogP contribution in [0, 0.1) is 5.92 Å². The number of carbonyl (C=O) groups excluding carboxylic acids is 2. The highest BCUT2D eigenvalue weighted by Gasteiger charge is 2.32. The summed E-state index contributed by atoms with van der Waals surface area (Å²) >= 11 is 1.53. The van der Waals surface area contributed by atoms with E-state index in [2.05, 4.69) is 10.3 Å². The van der Waals surface area contributed by atoms with Gasteiger partial charge in [0.05, 0.1) is 17.1 Å². The zero-order valence-corrected chi connectivity index (χ0v) is 18.1. The van der Waals surface area contributed by atoms with Gasteiger partial charge in [-0.3, -0.25) is 14.0 Å². The first kappa shape index (κ1) is 20.7. The normalized spacial score (nSPS) is 16.0. The molecule has 158 valence electrons. The molecule has 1 aliphatic heterocycles. The Hall–Kier alpha value is -2.56. The number of Topliss-reactive ketones (excluding diaryl/α,β-unsaturated/α-hetero) is 1. The van der Waals surface area contributed by atoms with E-state index in [4.69, 9.17) is 0 Å². The molecule has 30 heavy (non-hydrogen) atoms. The van der Waals surface area contributed by atoms with E-state index in [0.29, 0.717) is 24.9 Å². The maximum absolute atomic E-state index is 12.8. The molecule has 1 N–H and O–H groups in total. The summed E-state index contributed by atoms with van der Waals surface area (Å²) in [6.07, 6.45) is 4.74. The summed E-state index contributed by atoms with van der Waals surface area (Å²) in [7, 11) is -3.64. The van der Waals surface area contributed by atoms with Gasteiger partial charge in [-0.25, -0.2) is 13.4 Å². The molecule has 1 aliphatic rings. The van der Waals surface area contributed by atoms with Crippen LogP contribution >= 0.6 is 11.3 Å². The van der Waals surface area contributed by atoms with Crippen LogP contribution in [0.4, 0.5) is 0 Å². The van der Waals surface area contributed by atoms with E-state index in [1.807, 2.05) is 22.2 Å². The molecule has 0 spiro atoms. The summed E-state index contributed by atoms with van der Waals surface area (Å²) in [6, 6.07) is 5.96. The van der Waals surface area contributed by atoms with Crippen molar-refractivity contribution >= 4 is 38.0 Å². The molecule has 1 fully saturated rings. The van der Waals surface area contributed by atoms with Crippen molar-refractivity contribution in [3.05, 3.63) is 53.3 Å². The maximum atomic E-state index is 12.8. The summed E-state index contributed by atoms with van der Waals surface area (Å²) in [6.45, 7) is 2.37. The van der Waals surface area contributed by atoms with Crippen LogP contribution in [0.5, 0.6) is 0 Å². The lowest BCUT2D eigenvalue weighted by Crippen LogP contribution is -2.42. The first-order valence-electron chi connectivity index (χ1n) is 9.64. The molecule has 8 nitrogen and oxygen atoms in total. The van der Waals surface area contributed by atoms with Gasteiger partial charge in [0.25, 0.3) is 0 Å². The Labute approximate surface area is 178 Å². The number of hydrogen-bond donors (Lipinski definition) is 1. The van der Waals surface area contributed by atoms with Crippen LogP contribution in [-0.4, -0.2) is 46.9 Å². The van der Waals surface area contributed by atoms with Crippen LogP contribution in [-0.2, 0) is 21.4 Å². The molecule has 3 heterocycles. The molecule has 3 aromatic rings. The first-order chi connectivity index (χ1) is 14.3. The second-order valence-electron chi connectivity index (χ2n) is 7.30. The highest BCUT2D eigenvalue weighted by molar-refractivity contribution is 7.89. The number of thiazole rings is 1. The molecule has 0 saturated carbocycles. The van der Waals surface area contributed by atoms with E-state index in [1.54, 1.807) is 0 Å². The van der Waals surface area contributed by atoms with Gasteiger partial charge in [0, 0.05) is 42.3 Å². The Morgan fingerprint density at radius 2 is 1.90 bits per heavy atom. The minimum Gasteiger partial charge on any atom is -0.350 e. The average molecular weight is 447 g/mol. The van der Waals surface area contributed by atoms with Gasteiger partial charge in [0.1, 0.15) is 0 Å². The predicted octanol–water partition coefficient (Wildman–Crippen LogP) is 2.32. The molecule has 2 aromatic heterocycles. The fourth-order valence-electron chi connectivity index (χ4n) is 3.55. The zero-order chi connectivity index (χ0) is 21.3. The lowest BCUT2D eigenvalue weighted by atomic mass is 9.97. The molecule has 0 bridgehead atoms. The number of imidazole rings is 1. The molecule has 0 radical (unpaired) electrons. The molecule has 10 heteroatoms. The third-order valence-corrected chi connectivity index (χ3v) is 7.99. The van der Waals surface area contributed by atoms with Gasteiger partial charge >= 0.3 is 0 Å². The van der Waals surface area contributed by atoms with Gasteiger partial charge in [-0.15, -0.1) is 11.3 Å². The van der Waals surface area contributed by atoms with Gasteiger partial charge in [0.2, 0.25) is 15.9 Å². The van der Waals surface area contributed by atoms with Crippen LogP contribution in [0.3, 0.4) is 0 Å². The number of nitrogens with zero attached hydrogens (tertiary/aromatic N) is 3. The minimum absolute atomic E-state index is 0.0748. The van der Waals surface area contributed by atoms with Crippen LogP contribution in [0.1, 0.15) is 35.8 Å². The maximum Gasteiger partial charge on any atom is 0.243 e. The Kier molecular flexibility index (Phi) is 5.72. The SMILES string of the molecule is CC(=O)c1ccc(S(=O)(=O)N2CCC(C(=O)NCc3cn4ccsc4n3)CC2)cc1. The number of hydrogen-bond acceptors (Lipinski definition) is 6. The lowest BCUT2D eigenvalue weighted by Gasteiger charge is -2.30. The molecule has 1 amide bonds. The summed E-state index contributed by atoms with van der Waals surface area (Å²) < 4.78 is 29.0. The number of fused-ring (bicyclic) bond motifs is 1. The van der Waals surface area contributed by atoms with Crippen molar-refractivity contribution in [2.45, 2.75) is 31.2 Å². The smallest absolute Gasteiger partial charge is 0.243 e. The number of piperidine rings is 1. The number of aromatic nitrogens is 2. The number of ketones is 1. The van der Waals surface area contributed by atoms with E-state index >= 15 is 0 Å². The van der Waals surface area contributed by atoms with E-state index < -0.39 is 10.0 Å². The fraction of sp³-hybridized carbons (Fsp3) is 0.350. The van der Waals surface area contributed by atoms with Crippen LogP contribution < -0.4 is 5.32 Å². The molecule has 0 atom stereocenters. The lowest BCUT2D eigenvalue weighted by molar-refractivity contribution is -0.126. The number of rotatable bonds is 6. The Bertz CT molecular complexity index is 1140. The average Bonchev–Trinajstić information content (AvgIpc) is 3.34. The fourth-order valence-corrected chi connectivity index (χ4v) is 5.74. The van der Waals surface area contributed by atoms with Crippen molar-refractivity contribution in [2.24, 2.45) is 5.92 Å². The van der Waals surface area contributed by atoms with Crippen LogP contribution in [0.15, 0.2) is 46.9 Å². The summed E-state index contributed by atoms with van der Waals surface area (Å²) in [4.78, 5) is 29.4. The second kappa shape index (κ2) is 8.29. The number of sulfonamides is 1. The summed E-state index contributed by atoms with van der Waals surface area (Å²) in [5.41, 5.74) is 1.27. The first-order valence-corrected chi connectivity index (χ1v) is 12.0.